The molecule has 22 heavy (non-hydrogen) atoms. The van der Waals surface area contributed by atoms with Gasteiger partial charge in [0.05, 0.1) is 5.54 Å². The highest BCUT2D eigenvalue weighted by atomic mass is 35.5. The predicted molar refractivity (Wildman–Crippen MR) is 88.1 cm³/mol. The number of carbonyl (C=O) groups is 1. The molecule has 6 nitrogen and oxygen atoms in total. The topological polar surface area (TPSA) is 96.9 Å². The van der Waals surface area contributed by atoms with E-state index in [1.165, 1.54) is 0 Å². The van der Waals surface area contributed by atoms with E-state index in [2.05, 4.69) is 15.5 Å². The number of carbonyl (C=O) groups excluding carboxylic acids is 1. The van der Waals surface area contributed by atoms with Crippen molar-refractivity contribution in [3.63, 3.8) is 0 Å². The number of aryl methyl sites for hydroxylation is 1. The van der Waals surface area contributed by atoms with Crippen LogP contribution in [0.15, 0.2) is 22.6 Å². The molecule has 0 aromatic carbocycles. The van der Waals surface area contributed by atoms with Crippen LogP contribution in [0.1, 0.15) is 42.9 Å². The second-order valence-electron chi connectivity index (χ2n) is 5.22. The van der Waals surface area contributed by atoms with Gasteiger partial charge in [0, 0.05) is 12.6 Å². The summed E-state index contributed by atoms with van der Waals surface area (Å²) < 4.78 is 5.50. The summed E-state index contributed by atoms with van der Waals surface area (Å²) in [6, 6.07) is 5.39. The first-order chi connectivity index (χ1) is 10.0. The van der Waals surface area contributed by atoms with Crippen LogP contribution in [-0.4, -0.2) is 28.2 Å². The fourth-order valence-electron chi connectivity index (χ4n) is 2.21. The van der Waals surface area contributed by atoms with Crippen molar-refractivity contribution in [3.05, 3.63) is 29.7 Å². The number of H-pyrrole nitrogens is 1. The summed E-state index contributed by atoms with van der Waals surface area (Å²) in [4.78, 5) is 12.3. The van der Waals surface area contributed by atoms with Gasteiger partial charge in [0.1, 0.15) is 11.5 Å². The van der Waals surface area contributed by atoms with Gasteiger partial charge in [-0.05, 0) is 31.9 Å². The third-order valence-corrected chi connectivity index (χ3v) is 3.94. The highest BCUT2D eigenvalue weighted by molar-refractivity contribution is 5.93. The van der Waals surface area contributed by atoms with Crippen LogP contribution >= 0.6 is 12.4 Å². The Kier molecular flexibility index (Phi) is 6.20. The molecule has 1 amide bonds. The van der Waals surface area contributed by atoms with E-state index in [0.29, 0.717) is 23.7 Å². The van der Waals surface area contributed by atoms with E-state index in [4.69, 9.17) is 10.2 Å². The zero-order chi connectivity index (χ0) is 15.5. The summed E-state index contributed by atoms with van der Waals surface area (Å²) in [5.41, 5.74) is 6.43. The standard InChI is InChI=1S/C15H22N4O2.ClH/c1-4-15(5-2,9-16)17-14(20)12-8-11(18-19-12)13-7-6-10(3)21-13;/h6-8H,4-5,9,16H2,1-3H3,(H,17,20)(H,18,19);1H. The number of amides is 1. The van der Waals surface area contributed by atoms with Crippen molar-refractivity contribution in [1.29, 1.82) is 0 Å². The molecular weight excluding hydrogens is 304 g/mol. The molecule has 2 rings (SSSR count). The second kappa shape index (κ2) is 7.47. The predicted octanol–water partition coefficient (Wildman–Crippen LogP) is 2.65. The van der Waals surface area contributed by atoms with Crippen molar-refractivity contribution in [2.75, 3.05) is 6.54 Å². The fraction of sp³-hybridized carbons (Fsp3) is 0.467. The first-order valence-electron chi connectivity index (χ1n) is 7.18. The zero-order valence-electron chi connectivity index (χ0n) is 13.1. The Morgan fingerprint density at radius 3 is 2.59 bits per heavy atom. The Morgan fingerprint density at radius 1 is 1.41 bits per heavy atom. The molecule has 0 aliphatic heterocycles. The van der Waals surface area contributed by atoms with E-state index < -0.39 is 0 Å². The normalized spacial score (nSPS) is 11.1. The smallest absolute Gasteiger partial charge is 0.272 e. The monoisotopic (exact) mass is 326 g/mol. The average Bonchev–Trinajstić information content (AvgIpc) is 3.13. The first kappa shape index (κ1) is 18.3. The SMILES string of the molecule is CCC(CC)(CN)NC(=O)c1cc(-c2ccc(C)o2)[nH]n1.Cl. The fourth-order valence-corrected chi connectivity index (χ4v) is 2.21. The molecule has 122 valence electrons. The molecule has 2 aromatic heterocycles. The minimum absolute atomic E-state index is 0. The average molecular weight is 327 g/mol. The number of hydrogen-bond donors (Lipinski definition) is 3. The molecule has 0 unspecified atom stereocenters. The van der Waals surface area contributed by atoms with E-state index in [9.17, 15) is 4.79 Å². The summed E-state index contributed by atoms with van der Waals surface area (Å²) in [6.07, 6.45) is 1.56. The summed E-state index contributed by atoms with van der Waals surface area (Å²) in [6.45, 7) is 6.29. The van der Waals surface area contributed by atoms with Gasteiger partial charge in [-0.15, -0.1) is 12.4 Å². The van der Waals surface area contributed by atoms with Crippen LogP contribution in [0.25, 0.3) is 11.5 Å². The van der Waals surface area contributed by atoms with Crippen molar-refractivity contribution >= 4 is 18.3 Å². The second-order valence-corrected chi connectivity index (χ2v) is 5.22. The van der Waals surface area contributed by atoms with E-state index >= 15 is 0 Å². The molecule has 0 saturated carbocycles. The maximum absolute atomic E-state index is 12.3. The molecule has 0 radical (unpaired) electrons. The van der Waals surface area contributed by atoms with Crippen molar-refractivity contribution in [2.24, 2.45) is 5.73 Å². The van der Waals surface area contributed by atoms with Gasteiger partial charge < -0.3 is 15.5 Å². The number of furan rings is 1. The number of aromatic amines is 1. The van der Waals surface area contributed by atoms with E-state index in [1.54, 1.807) is 6.07 Å². The largest absolute Gasteiger partial charge is 0.460 e. The lowest BCUT2D eigenvalue weighted by Crippen LogP contribution is -2.52. The van der Waals surface area contributed by atoms with Crippen molar-refractivity contribution < 1.29 is 9.21 Å². The summed E-state index contributed by atoms with van der Waals surface area (Å²) in [7, 11) is 0. The maximum atomic E-state index is 12.3. The Balaban J connectivity index is 0.00000242. The number of rotatable bonds is 6. The van der Waals surface area contributed by atoms with Crippen LogP contribution in [0.4, 0.5) is 0 Å². The van der Waals surface area contributed by atoms with Crippen LogP contribution in [0.2, 0.25) is 0 Å². The molecule has 4 N–H and O–H groups in total. The minimum Gasteiger partial charge on any atom is -0.460 e. The first-order valence-corrected chi connectivity index (χ1v) is 7.18. The lowest BCUT2D eigenvalue weighted by molar-refractivity contribution is 0.0890. The molecule has 0 bridgehead atoms. The highest BCUT2D eigenvalue weighted by Gasteiger charge is 2.27. The molecule has 0 aliphatic carbocycles. The third-order valence-electron chi connectivity index (χ3n) is 3.94. The number of nitrogens with two attached hydrogens (primary N) is 1. The van der Waals surface area contributed by atoms with Gasteiger partial charge in [-0.2, -0.15) is 5.10 Å². The van der Waals surface area contributed by atoms with E-state index in [-0.39, 0.29) is 23.9 Å². The van der Waals surface area contributed by atoms with E-state index in [0.717, 1.165) is 18.6 Å². The van der Waals surface area contributed by atoms with Crippen molar-refractivity contribution in [3.8, 4) is 11.5 Å². The zero-order valence-corrected chi connectivity index (χ0v) is 13.9. The molecule has 2 aromatic rings. The Labute approximate surface area is 136 Å². The number of hydrogen-bond acceptors (Lipinski definition) is 4. The summed E-state index contributed by atoms with van der Waals surface area (Å²) in [5.74, 6) is 1.25. The van der Waals surface area contributed by atoms with Crippen molar-refractivity contribution in [1.82, 2.24) is 15.5 Å². The number of nitrogens with zero attached hydrogens (tertiary/aromatic N) is 1. The van der Waals surface area contributed by atoms with Crippen LogP contribution in [0.3, 0.4) is 0 Å². The lowest BCUT2D eigenvalue weighted by atomic mass is 9.93. The molecule has 0 fully saturated rings. The molecule has 7 heteroatoms. The molecule has 0 atom stereocenters. The van der Waals surface area contributed by atoms with Crippen LogP contribution in [0.5, 0.6) is 0 Å². The van der Waals surface area contributed by atoms with E-state index in [1.807, 2.05) is 32.9 Å². The quantitative estimate of drug-likeness (QED) is 0.760. The summed E-state index contributed by atoms with van der Waals surface area (Å²) >= 11 is 0. The molecule has 0 saturated heterocycles. The third kappa shape index (κ3) is 3.69. The molecule has 0 aliphatic rings. The minimum atomic E-state index is -0.378. The van der Waals surface area contributed by atoms with Gasteiger partial charge in [0.15, 0.2) is 11.5 Å². The lowest BCUT2D eigenvalue weighted by Gasteiger charge is -2.31. The number of nitrogens with one attached hydrogen (secondary N) is 2. The van der Waals surface area contributed by atoms with Crippen LogP contribution in [0, 0.1) is 6.92 Å². The van der Waals surface area contributed by atoms with Gasteiger partial charge in [0.2, 0.25) is 0 Å². The van der Waals surface area contributed by atoms with Gasteiger partial charge in [0.25, 0.3) is 5.91 Å². The molecule has 2 heterocycles. The molecule has 0 spiro atoms. The van der Waals surface area contributed by atoms with Gasteiger partial charge in [-0.25, -0.2) is 0 Å². The van der Waals surface area contributed by atoms with Gasteiger partial charge in [-0.3, -0.25) is 9.89 Å². The highest BCUT2D eigenvalue weighted by Crippen LogP contribution is 2.21. The van der Waals surface area contributed by atoms with Gasteiger partial charge in [-0.1, -0.05) is 13.8 Å². The summed E-state index contributed by atoms with van der Waals surface area (Å²) in [5, 5.41) is 9.86. The Bertz CT molecular complexity index is 608. The maximum Gasteiger partial charge on any atom is 0.272 e. The Morgan fingerprint density at radius 2 is 2.09 bits per heavy atom. The number of halogens is 1. The Hall–Kier alpha value is -1.79. The molecular formula is C15H23ClN4O2. The van der Waals surface area contributed by atoms with Gasteiger partial charge >= 0.3 is 0 Å². The number of aromatic nitrogens is 2. The van der Waals surface area contributed by atoms with Crippen molar-refractivity contribution in [2.45, 2.75) is 39.2 Å². The van der Waals surface area contributed by atoms with Crippen LogP contribution < -0.4 is 11.1 Å². The van der Waals surface area contributed by atoms with Crippen LogP contribution in [-0.2, 0) is 0 Å².